The van der Waals surface area contributed by atoms with Gasteiger partial charge in [-0.15, -0.1) is 0 Å². The van der Waals surface area contributed by atoms with E-state index in [1.54, 1.807) is 0 Å². The van der Waals surface area contributed by atoms with Crippen LogP contribution in [-0.4, -0.2) is 28.7 Å². The summed E-state index contributed by atoms with van der Waals surface area (Å²) in [5.41, 5.74) is 2.30. The molecular weight excluding hydrogens is 222 g/mol. The molecule has 0 saturated carbocycles. The van der Waals surface area contributed by atoms with Gasteiger partial charge in [0, 0.05) is 13.1 Å². The van der Waals surface area contributed by atoms with E-state index in [0.717, 1.165) is 26.1 Å². The fourth-order valence-electron chi connectivity index (χ4n) is 2.54. The molecule has 1 N–H and O–H groups in total. The number of aryl methyl sites for hydroxylation is 1. The van der Waals surface area contributed by atoms with Crippen molar-refractivity contribution >= 4 is 0 Å². The topological polar surface area (TPSA) is 23.5 Å². The molecule has 2 nitrogen and oxygen atoms in total. The van der Waals surface area contributed by atoms with Crippen LogP contribution in [-0.2, 0) is 13.0 Å². The second-order valence-electron chi connectivity index (χ2n) is 6.09. The van der Waals surface area contributed by atoms with Gasteiger partial charge in [0.05, 0.1) is 5.60 Å². The van der Waals surface area contributed by atoms with Crippen LogP contribution in [0.3, 0.4) is 0 Å². The maximum atomic E-state index is 10.4. The van der Waals surface area contributed by atoms with Crippen molar-refractivity contribution < 1.29 is 5.11 Å². The highest BCUT2D eigenvalue weighted by molar-refractivity contribution is 5.28. The maximum Gasteiger partial charge on any atom is 0.0768 e. The quantitative estimate of drug-likeness (QED) is 0.888. The largest absolute Gasteiger partial charge is 0.389 e. The molecule has 0 spiro atoms. The average Bonchev–Trinajstić information content (AvgIpc) is 2.49. The molecule has 1 atom stereocenters. The van der Waals surface area contributed by atoms with Gasteiger partial charge >= 0.3 is 0 Å². The summed E-state index contributed by atoms with van der Waals surface area (Å²) in [5.74, 6) is 0.288. The predicted molar refractivity (Wildman–Crippen MR) is 75.5 cm³/mol. The van der Waals surface area contributed by atoms with Crippen LogP contribution < -0.4 is 0 Å². The third-order valence-corrected chi connectivity index (χ3v) is 4.22. The smallest absolute Gasteiger partial charge is 0.0768 e. The molecule has 0 radical (unpaired) electrons. The van der Waals surface area contributed by atoms with Crippen molar-refractivity contribution in [3.05, 3.63) is 35.4 Å². The SMILES string of the molecule is CC(C)C(C)(O)CN1CCCc2ccccc2C1. The summed E-state index contributed by atoms with van der Waals surface area (Å²) in [6.45, 7) is 8.95. The summed E-state index contributed by atoms with van der Waals surface area (Å²) < 4.78 is 0. The Kier molecular flexibility index (Phi) is 4.08. The van der Waals surface area contributed by atoms with Crippen LogP contribution >= 0.6 is 0 Å². The summed E-state index contributed by atoms with van der Waals surface area (Å²) >= 11 is 0. The van der Waals surface area contributed by atoms with E-state index in [4.69, 9.17) is 0 Å². The number of fused-ring (bicyclic) bond motifs is 1. The van der Waals surface area contributed by atoms with E-state index in [1.165, 1.54) is 17.5 Å². The van der Waals surface area contributed by atoms with E-state index in [-0.39, 0.29) is 5.92 Å². The Morgan fingerprint density at radius 3 is 2.61 bits per heavy atom. The molecule has 0 aromatic heterocycles. The molecule has 2 heteroatoms. The fraction of sp³-hybridized carbons (Fsp3) is 0.625. The average molecular weight is 247 g/mol. The standard InChI is InChI=1S/C16H25NO/c1-13(2)16(3,18)12-17-10-6-9-14-7-4-5-8-15(14)11-17/h4-5,7-8,13,18H,6,9-12H2,1-3H3. The Labute approximate surface area is 111 Å². The van der Waals surface area contributed by atoms with Crippen molar-refractivity contribution in [2.45, 2.75) is 45.8 Å². The highest BCUT2D eigenvalue weighted by Crippen LogP contribution is 2.23. The minimum atomic E-state index is -0.598. The highest BCUT2D eigenvalue weighted by atomic mass is 16.3. The first-order valence-corrected chi connectivity index (χ1v) is 7.00. The zero-order valence-electron chi connectivity index (χ0n) is 11.8. The Morgan fingerprint density at radius 2 is 1.94 bits per heavy atom. The molecule has 1 aliphatic heterocycles. The Hall–Kier alpha value is -0.860. The molecule has 100 valence electrons. The van der Waals surface area contributed by atoms with E-state index >= 15 is 0 Å². The Bertz CT molecular complexity index is 398. The molecule has 1 heterocycles. The fourth-order valence-corrected chi connectivity index (χ4v) is 2.54. The van der Waals surface area contributed by atoms with Gasteiger partial charge in [-0.05, 0) is 43.4 Å². The number of β-amino-alcohol motifs (C(OH)–C–C–N with tert-alkyl or cyclic N) is 1. The maximum absolute atomic E-state index is 10.4. The zero-order valence-corrected chi connectivity index (χ0v) is 11.8. The number of nitrogens with zero attached hydrogens (tertiary/aromatic N) is 1. The molecule has 0 amide bonds. The summed E-state index contributed by atoms with van der Waals surface area (Å²) in [7, 11) is 0. The lowest BCUT2D eigenvalue weighted by Crippen LogP contribution is -2.44. The number of rotatable bonds is 3. The van der Waals surface area contributed by atoms with Gasteiger partial charge in [-0.3, -0.25) is 4.90 Å². The lowest BCUT2D eigenvalue weighted by Gasteiger charge is -2.34. The summed E-state index contributed by atoms with van der Waals surface area (Å²) in [5, 5.41) is 10.4. The van der Waals surface area contributed by atoms with Crippen LogP contribution in [0.2, 0.25) is 0 Å². The van der Waals surface area contributed by atoms with Gasteiger partial charge in [0.15, 0.2) is 0 Å². The molecular formula is C16H25NO. The van der Waals surface area contributed by atoms with Crippen LogP contribution in [0.5, 0.6) is 0 Å². The first-order chi connectivity index (χ1) is 8.49. The Balaban J connectivity index is 2.09. The molecule has 0 bridgehead atoms. The highest BCUT2D eigenvalue weighted by Gasteiger charge is 2.28. The zero-order chi connectivity index (χ0) is 13.2. The van der Waals surface area contributed by atoms with E-state index in [0.29, 0.717) is 0 Å². The monoisotopic (exact) mass is 247 g/mol. The minimum absolute atomic E-state index is 0.288. The molecule has 1 aromatic carbocycles. The lowest BCUT2D eigenvalue weighted by molar-refractivity contribution is -0.0204. The molecule has 2 rings (SSSR count). The van der Waals surface area contributed by atoms with E-state index < -0.39 is 5.60 Å². The molecule has 1 unspecified atom stereocenters. The summed E-state index contributed by atoms with van der Waals surface area (Å²) in [4.78, 5) is 2.39. The van der Waals surface area contributed by atoms with E-state index in [1.807, 2.05) is 6.92 Å². The van der Waals surface area contributed by atoms with Gasteiger partial charge in [0.25, 0.3) is 0 Å². The van der Waals surface area contributed by atoms with Crippen LogP contribution in [0.25, 0.3) is 0 Å². The summed E-state index contributed by atoms with van der Waals surface area (Å²) in [6, 6.07) is 8.69. The number of aliphatic hydroxyl groups is 1. The molecule has 18 heavy (non-hydrogen) atoms. The number of hydrogen-bond donors (Lipinski definition) is 1. The van der Waals surface area contributed by atoms with Crippen molar-refractivity contribution in [1.29, 1.82) is 0 Å². The summed E-state index contributed by atoms with van der Waals surface area (Å²) in [6.07, 6.45) is 2.35. The van der Waals surface area contributed by atoms with Crippen molar-refractivity contribution in [2.24, 2.45) is 5.92 Å². The molecule has 0 fully saturated rings. The minimum Gasteiger partial charge on any atom is -0.389 e. The van der Waals surface area contributed by atoms with Crippen molar-refractivity contribution in [3.8, 4) is 0 Å². The van der Waals surface area contributed by atoms with Gasteiger partial charge in [-0.25, -0.2) is 0 Å². The Morgan fingerprint density at radius 1 is 1.28 bits per heavy atom. The van der Waals surface area contributed by atoms with Crippen LogP contribution in [0.1, 0.15) is 38.3 Å². The normalized spacial score (nSPS) is 20.3. The van der Waals surface area contributed by atoms with E-state index in [9.17, 15) is 5.11 Å². The number of hydrogen-bond acceptors (Lipinski definition) is 2. The number of benzene rings is 1. The molecule has 0 aliphatic carbocycles. The third-order valence-electron chi connectivity index (χ3n) is 4.22. The lowest BCUT2D eigenvalue weighted by atomic mass is 9.92. The van der Waals surface area contributed by atoms with Crippen LogP contribution in [0.15, 0.2) is 24.3 Å². The van der Waals surface area contributed by atoms with Crippen molar-refractivity contribution in [2.75, 3.05) is 13.1 Å². The van der Waals surface area contributed by atoms with Gasteiger partial charge in [0.1, 0.15) is 0 Å². The van der Waals surface area contributed by atoms with Crippen molar-refractivity contribution in [1.82, 2.24) is 4.90 Å². The molecule has 1 aromatic rings. The first-order valence-electron chi connectivity index (χ1n) is 7.00. The van der Waals surface area contributed by atoms with Gasteiger partial charge in [-0.1, -0.05) is 38.1 Å². The van der Waals surface area contributed by atoms with Crippen LogP contribution in [0.4, 0.5) is 0 Å². The predicted octanol–water partition coefficient (Wildman–Crippen LogP) is 2.84. The van der Waals surface area contributed by atoms with Crippen molar-refractivity contribution in [3.63, 3.8) is 0 Å². The van der Waals surface area contributed by atoms with E-state index in [2.05, 4.69) is 43.0 Å². The molecule has 0 saturated heterocycles. The van der Waals surface area contributed by atoms with Crippen LogP contribution in [0, 0.1) is 5.92 Å². The van der Waals surface area contributed by atoms with Gasteiger partial charge < -0.3 is 5.11 Å². The third kappa shape index (κ3) is 3.12. The second-order valence-corrected chi connectivity index (χ2v) is 6.09. The van der Waals surface area contributed by atoms with Gasteiger partial charge in [-0.2, -0.15) is 0 Å². The van der Waals surface area contributed by atoms with Gasteiger partial charge in [0.2, 0.25) is 0 Å². The second kappa shape index (κ2) is 5.41. The first kappa shape index (κ1) is 13.6. The molecule has 1 aliphatic rings.